The highest BCUT2D eigenvalue weighted by Gasteiger charge is 2.32. The van der Waals surface area contributed by atoms with Crippen LogP contribution in [-0.2, 0) is 19.6 Å². The highest BCUT2D eigenvalue weighted by Crippen LogP contribution is 2.40. The number of nitrogens with one attached hydrogen (secondary N) is 1. The van der Waals surface area contributed by atoms with Gasteiger partial charge in [0.15, 0.2) is 0 Å². The van der Waals surface area contributed by atoms with Crippen molar-refractivity contribution in [2.24, 2.45) is 5.92 Å². The molecule has 0 aromatic heterocycles. The Morgan fingerprint density at radius 2 is 1.59 bits per heavy atom. The largest absolute Gasteiger partial charge is 0.462 e. The number of rotatable bonds is 7. The van der Waals surface area contributed by atoms with Crippen LogP contribution in [0.15, 0.2) is 53.4 Å². The number of hydrogen-bond acceptors (Lipinski definition) is 5. The maximum Gasteiger partial charge on any atom is 0.338 e. The molecule has 0 radical (unpaired) electrons. The van der Waals surface area contributed by atoms with Gasteiger partial charge in [0, 0.05) is 24.7 Å². The van der Waals surface area contributed by atoms with Crippen LogP contribution in [-0.4, -0.2) is 44.3 Å². The fourth-order valence-corrected chi connectivity index (χ4v) is 5.45. The number of esters is 1. The molecule has 1 N–H and O–H groups in total. The van der Waals surface area contributed by atoms with Crippen molar-refractivity contribution < 1.29 is 22.7 Å². The predicted octanol–water partition coefficient (Wildman–Crippen LogP) is 3.78. The maximum atomic E-state index is 13.0. The Bertz CT molecular complexity index is 1070. The first-order valence-electron chi connectivity index (χ1n) is 11.1. The van der Waals surface area contributed by atoms with E-state index in [0.717, 1.165) is 5.69 Å². The normalized spacial score (nSPS) is 17.7. The van der Waals surface area contributed by atoms with E-state index < -0.39 is 16.0 Å². The Kier molecular flexibility index (Phi) is 6.62. The molecular weight excluding hydrogens is 428 g/mol. The lowest BCUT2D eigenvalue weighted by atomic mass is 9.97. The number of ether oxygens (including phenoxy) is 1. The Morgan fingerprint density at radius 1 is 0.969 bits per heavy atom. The van der Waals surface area contributed by atoms with Crippen LogP contribution < -0.4 is 5.32 Å². The smallest absolute Gasteiger partial charge is 0.338 e. The lowest BCUT2D eigenvalue weighted by Crippen LogP contribution is -2.41. The third-order valence-corrected chi connectivity index (χ3v) is 7.97. The van der Waals surface area contributed by atoms with E-state index in [9.17, 15) is 18.0 Å². The second-order valence-corrected chi connectivity index (χ2v) is 10.2. The number of piperidine rings is 1. The molecule has 170 valence electrons. The van der Waals surface area contributed by atoms with Gasteiger partial charge in [-0.05, 0) is 80.5 Å². The molecule has 1 amide bonds. The van der Waals surface area contributed by atoms with Crippen molar-refractivity contribution in [3.8, 4) is 0 Å². The quantitative estimate of drug-likeness (QED) is 0.640. The minimum Gasteiger partial charge on any atom is -0.462 e. The van der Waals surface area contributed by atoms with E-state index in [0.29, 0.717) is 24.3 Å². The van der Waals surface area contributed by atoms with Gasteiger partial charge in [0.25, 0.3) is 0 Å². The van der Waals surface area contributed by atoms with E-state index in [4.69, 9.17) is 4.74 Å². The molecule has 0 bridgehead atoms. The minimum absolute atomic E-state index is 0.0694. The summed E-state index contributed by atoms with van der Waals surface area (Å²) in [5.74, 6) is -0.103. The molecule has 2 aliphatic rings. The van der Waals surface area contributed by atoms with Crippen LogP contribution >= 0.6 is 0 Å². The van der Waals surface area contributed by atoms with Gasteiger partial charge in [-0.2, -0.15) is 4.31 Å². The molecule has 2 aromatic carbocycles. The lowest BCUT2D eigenvalue weighted by Gasteiger charge is -2.30. The Hall–Kier alpha value is -2.71. The SMILES string of the molecule is CCOC(=O)c1ccc(S(=O)(=O)N2CCC(C(=O)Nc3ccc(C4CC4)cc3)CC2)cc1. The van der Waals surface area contributed by atoms with Crippen molar-refractivity contribution >= 4 is 27.6 Å². The van der Waals surface area contributed by atoms with Gasteiger partial charge in [0.05, 0.1) is 17.1 Å². The molecule has 2 aromatic rings. The topological polar surface area (TPSA) is 92.8 Å². The summed E-state index contributed by atoms with van der Waals surface area (Å²) in [6.45, 7) is 2.53. The highest BCUT2D eigenvalue weighted by molar-refractivity contribution is 7.89. The van der Waals surface area contributed by atoms with Gasteiger partial charge >= 0.3 is 5.97 Å². The van der Waals surface area contributed by atoms with Crippen molar-refractivity contribution in [1.82, 2.24) is 4.31 Å². The zero-order chi connectivity index (χ0) is 22.7. The van der Waals surface area contributed by atoms with Crippen molar-refractivity contribution in [3.63, 3.8) is 0 Å². The van der Waals surface area contributed by atoms with Gasteiger partial charge in [0.2, 0.25) is 15.9 Å². The summed E-state index contributed by atoms with van der Waals surface area (Å²) >= 11 is 0. The third kappa shape index (κ3) is 5.02. The van der Waals surface area contributed by atoms with Crippen molar-refractivity contribution in [2.75, 3.05) is 25.0 Å². The van der Waals surface area contributed by atoms with Crippen molar-refractivity contribution in [2.45, 2.75) is 43.4 Å². The average molecular weight is 457 g/mol. The molecular formula is C24H28N2O5S. The summed E-state index contributed by atoms with van der Waals surface area (Å²) in [6.07, 6.45) is 3.41. The first kappa shape index (κ1) is 22.5. The molecule has 1 saturated carbocycles. The summed E-state index contributed by atoms with van der Waals surface area (Å²) in [6, 6.07) is 13.8. The molecule has 1 saturated heterocycles. The molecule has 7 nitrogen and oxygen atoms in total. The Labute approximate surface area is 188 Å². The van der Waals surface area contributed by atoms with E-state index in [1.807, 2.05) is 12.1 Å². The molecule has 8 heteroatoms. The van der Waals surface area contributed by atoms with Gasteiger partial charge in [-0.1, -0.05) is 12.1 Å². The average Bonchev–Trinajstić information content (AvgIpc) is 3.65. The number of amides is 1. The summed E-state index contributed by atoms with van der Waals surface area (Å²) in [4.78, 5) is 24.6. The first-order chi connectivity index (χ1) is 15.4. The van der Waals surface area contributed by atoms with Crippen molar-refractivity contribution in [3.05, 3.63) is 59.7 Å². The summed E-state index contributed by atoms with van der Waals surface area (Å²) in [5, 5.41) is 2.96. The summed E-state index contributed by atoms with van der Waals surface area (Å²) in [7, 11) is -3.68. The van der Waals surface area contributed by atoms with Crippen LogP contribution in [0.2, 0.25) is 0 Å². The molecule has 32 heavy (non-hydrogen) atoms. The van der Waals surface area contributed by atoms with E-state index in [2.05, 4.69) is 17.4 Å². The molecule has 0 spiro atoms. The lowest BCUT2D eigenvalue weighted by molar-refractivity contribution is -0.120. The maximum absolute atomic E-state index is 13.0. The van der Waals surface area contributed by atoms with Gasteiger partial charge in [0.1, 0.15) is 0 Å². The number of benzene rings is 2. The summed E-state index contributed by atoms with van der Waals surface area (Å²) < 4.78 is 32.3. The van der Waals surface area contributed by atoms with E-state index in [1.165, 1.54) is 47.0 Å². The van der Waals surface area contributed by atoms with Gasteiger partial charge in [-0.25, -0.2) is 13.2 Å². The van der Waals surface area contributed by atoms with Crippen LogP contribution in [0.25, 0.3) is 0 Å². The Morgan fingerprint density at radius 3 is 2.16 bits per heavy atom. The second kappa shape index (κ2) is 9.42. The predicted molar refractivity (Wildman–Crippen MR) is 121 cm³/mol. The van der Waals surface area contributed by atoms with Gasteiger partial charge < -0.3 is 10.1 Å². The van der Waals surface area contributed by atoms with Crippen LogP contribution in [0.5, 0.6) is 0 Å². The first-order valence-corrected chi connectivity index (χ1v) is 12.5. The number of carbonyl (C=O) groups is 2. The summed E-state index contributed by atoms with van der Waals surface area (Å²) in [5.41, 5.74) is 2.40. The second-order valence-electron chi connectivity index (χ2n) is 8.31. The minimum atomic E-state index is -3.68. The molecule has 0 unspecified atom stereocenters. The standard InChI is InChI=1S/C24H28N2O5S/c1-2-31-24(28)20-7-11-22(12-8-20)32(29,30)26-15-13-19(14-16-26)23(27)25-21-9-5-18(6-10-21)17-3-4-17/h5-12,17,19H,2-4,13-16H2,1H3,(H,25,27). The zero-order valence-electron chi connectivity index (χ0n) is 18.1. The number of hydrogen-bond donors (Lipinski definition) is 1. The number of carbonyl (C=O) groups excluding carboxylic acids is 2. The van der Waals surface area contributed by atoms with Gasteiger partial charge in [-0.3, -0.25) is 4.79 Å². The Balaban J connectivity index is 1.32. The third-order valence-electron chi connectivity index (χ3n) is 6.05. The molecule has 0 atom stereocenters. The fourth-order valence-electron chi connectivity index (χ4n) is 3.98. The van der Waals surface area contributed by atoms with Crippen LogP contribution in [0.3, 0.4) is 0 Å². The van der Waals surface area contributed by atoms with E-state index >= 15 is 0 Å². The number of nitrogens with zero attached hydrogens (tertiary/aromatic N) is 1. The van der Waals surface area contributed by atoms with Crippen LogP contribution in [0.1, 0.15) is 54.4 Å². The van der Waals surface area contributed by atoms with E-state index in [1.54, 1.807) is 6.92 Å². The fraction of sp³-hybridized carbons (Fsp3) is 0.417. The van der Waals surface area contributed by atoms with E-state index in [-0.39, 0.29) is 36.4 Å². The van der Waals surface area contributed by atoms with Gasteiger partial charge in [-0.15, -0.1) is 0 Å². The molecule has 1 aliphatic carbocycles. The van der Waals surface area contributed by atoms with Crippen molar-refractivity contribution in [1.29, 1.82) is 0 Å². The van der Waals surface area contributed by atoms with Crippen LogP contribution in [0.4, 0.5) is 5.69 Å². The zero-order valence-corrected chi connectivity index (χ0v) is 18.9. The molecule has 1 heterocycles. The molecule has 4 rings (SSSR count). The van der Waals surface area contributed by atoms with Crippen LogP contribution in [0, 0.1) is 5.92 Å². The number of sulfonamides is 1. The highest BCUT2D eigenvalue weighted by atomic mass is 32.2. The molecule has 1 aliphatic heterocycles. The number of anilines is 1. The molecule has 2 fully saturated rings. The monoisotopic (exact) mass is 456 g/mol.